The fourth-order valence-electron chi connectivity index (χ4n) is 1.69. The van der Waals surface area contributed by atoms with Gasteiger partial charge >= 0.3 is 10.8 Å². The Hall–Kier alpha value is -2.48. The van der Waals surface area contributed by atoms with Crippen LogP contribution in [0.25, 0.3) is 0 Å². The summed E-state index contributed by atoms with van der Waals surface area (Å²) in [6.45, 7) is 1.80. The second-order valence-corrected chi connectivity index (χ2v) is 5.17. The number of thiazole rings is 1. The molecule has 0 radical (unpaired) electrons. The normalized spacial score (nSPS) is 10.3. The fraction of sp³-hybridized carbons (Fsp3) is 0.231. The van der Waals surface area contributed by atoms with Crippen molar-refractivity contribution >= 4 is 23.2 Å². The Balaban J connectivity index is 1.97. The molecule has 0 spiro atoms. The predicted octanol–water partition coefficient (Wildman–Crippen LogP) is 0.628. The molecule has 2 aromatic rings. The largest absolute Gasteiger partial charge is 0.478 e. The summed E-state index contributed by atoms with van der Waals surface area (Å²) >= 11 is 1.04. The number of nitrogens with one attached hydrogen (secondary N) is 1. The molecule has 2 N–H and O–H groups in total. The van der Waals surface area contributed by atoms with Crippen LogP contribution >= 0.6 is 11.3 Å². The van der Waals surface area contributed by atoms with Gasteiger partial charge in [-0.05, 0) is 19.1 Å². The topological polar surface area (TPSA) is 101 Å². The van der Waals surface area contributed by atoms with Gasteiger partial charge in [-0.25, -0.2) is 4.79 Å². The van der Waals surface area contributed by atoms with Crippen molar-refractivity contribution in [3.05, 3.63) is 50.3 Å². The number of carbonyl (C=O) groups is 2. The zero-order chi connectivity index (χ0) is 15.4. The highest BCUT2D eigenvalue weighted by Gasteiger charge is 2.09. The lowest BCUT2D eigenvalue weighted by Gasteiger charge is -2.07. The van der Waals surface area contributed by atoms with Gasteiger partial charge in [-0.3, -0.25) is 19.1 Å². The summed E-state index contributed by atoms with van der Waals surface area (Å²) in [7, 11) is 0. The van der Waals surface area contributed by atoms with E-state index in [1.54, 1.807) is 12.3 Å². The molecule has 0 unspecified atom stereocenters. The van der Waals surface area contributed by atoms with Crippen molar-refractivity contribution < 1.29 is 14.7 Å². The van der Waals surface area contributed by atoms with Crippen molar-refractivity contribution in [1.29, 1.82) is 0 Å². The summed E-state index contributed by atoms with van der Waals surface area (Å²) in [6, 6.07) is 2.77. The first-order valence-electron chi connectivity index (χ1n) is 6.07. The monoisotopic (exact) mass is 307 g/mol. The van der Waals surface area contributed by atoms with Gasteiger partial charge in [-0.1, -0.05) is 11.3 Å². The molecule has 2 aromatic heterocycles. The van der Waals surface area contributed by atoms with Crippen LogP contribution in [0.2, 0.25) is 0 Å². The number of carboxylic acids is 1. The zero-order valence-electron chi connectivity index (χ0n) is 11.2. The van der Waals surface area contributed by atoms with E-state index in [1.807, 2.05) is 0 Å². The molecule has 0 atom stereocenters. The molecule has 1 amide bonds. The van der Waals surface area contributed by atoms with Crippen LogP contribution in [-0.4, -0.2) is 26.5 Å². The van der Waals surface area contributed by atoms with Crippen LogP contribution < -0.4 is 10.2 Å². The fourth-order valence-corrected chi connectivity index (χ4v) is 2.43. The molecular formula is C13H13N3O4S. The molecule has 0 aliphatic rings. The number of nitrogens with zero attached hydrogens (tertiary/aromatic N) is 2. The van der Waals surface area contributed by atoms with E-state index in [2.05, 4.69) is 10.3 Å². The highest BCUT2D eigenvalue weighted by atomic mass is 32.1. The van der Waals surface area contributed by atoms with E-state index in [-0.39, 0.29) is 29.4 Å². The second kappa shape index (κ2) is 6.31. The lowest BCUT2D eigenvalue weighted by Crippen LogP contribution is -2.31. The minimum Gasteiger partial charge on any atom is -0.478 e. The molecule has 2 rings (SSSR count). The van der Waals surface area contributed by atoms with Gasteiger partial charge < -0.3 is 10.4 Å². The molecule has 0 aromatic carbocycles. The van der Waals surface area contributed by atoms with E-state index >= 15 is 0 Å². The summed E-state index contributed by atoms with van der Waals surface area (Å²) in [4.78, 5) is 37.9. The van der Waals surface area contributed by atoms with E-state index in [0.29, 0.717) is 5.69 Å². The van der Waals surface area contributed by atoms with E-state index in [0.717, 1.165) is 17.0 Å². The van der Waals surface area contributed by atoms with Crippen LogP contribution in [0.1, 0.15) is 21.7 Å². The molecule has 7 nitrogen and oxygen atoms in total. The summed E-state index contributed by atoms with van der Waals surface area (Å²) in [5.74, 6) is -1.38. The first-order valence-corrected chi connectivity index (χ1v) is 6.95. The number of carboxylic acid groups (broad SMARTS) is 1. The third-order valence-electron chi connectivity index (χ3n) is 2.81. The lowest BCUT2D eigenvalue weighted by atomic mass is 10.2. The number of carbonyl (C=O) groups excluding carboxylic acids is 1. The smallest absolute Gasteiger partial charge is 0.335 e. The summed E-state index contributed by atoms with van der Waals surface area (Å²) in [5, 5.41) is 13.2. The number of aryl methyl sites for hydroxylation is 1. The molecule has 110 valence electrons. The lowest BCUT2D eigenvalue weighted by molar-refractivity contribution is -0.121. The number of pyridine rings is 1. The van der Waals surface area contributed by atoms with E-state index in [9.17, 15) is 14.4 Å². The minimum absolute atomic E-state index is 0.0627. The number of aromatic carboxylic acids is 1. The molecule has 0 fully saturated rings. The molecule has 8 heteroatoms. The van der Waals surface area contributed by atoms with Crippen LogP contribution in [-0.2, 0) is 17.9 Å². The first kappa shape index (κ1) is 14.9. The van der Waals surface area contributed by atoms with Crippen LogP contribution in [0.4, 0.5) is 0 Å². The molecule has 0 saturated carbocycles. The molecule has 2 heterocycles. The maximum absolute atomic E-state index is 11.8. The summed E-state index contributed by atoms with van der Waals surface area (Å²) in [5.41, 5.74) is 1.28. The highest BCUT2D eigenvalue weighted by Crippen LogP contribution is 2.02. The van der Waals surface area contributed by atoms with Gasteiger partial charge in [0.05, 0.1) is 17.8 Å². The molecule has 21 heavy (non-hydrogen) atoms. The van der Waals surface area contributed by atoms with Gasteiger partial charge in [0.25, 0.3) is 0 Å². The van der Waals surface area contributed by atoms with Crippen molar-refractivity contribution in [2.24, 2.45) is 0 Å². The quantitative estimate of drug-likeness (QED) is 0.843. The van der Waals surface area contributed by atoms with Crippen molar-refractivity contribution in [3.8, 4) is 0 Å². The summed E-state index contributed by atoms with van der Waals surface area (Å²) in [6.07, 6.45) is 1.37. The molecule has 0 aliphatic carbocycles. The SMILES string of the molecule is Cc1csc(=O)n1CC(=O)NCc1cc(C(=O)O)ccn1. The second-order valence-electron chi connectivity index (χ2n) is 4.35. The van der Waals surface area contributed by atoms with Crippen LogP contribution in [0.5, 0.6) is 0 Å². The number of hydrogen-bond acceptors (Lipinski definition) is 5. The van der Waals surface area contributed by atoms with Crippen molar-refractivity contribution in [3.63, 3.8) is 0 Å². The van der Waals surface area contributed by atoms with Crippen molar-refractivity contribution in [2.45, 2.75) is 20.0 Å². The Kier molecular flexibility index (Phi) is 4.49. The Bertz CT molecular complexity index is 735. The average molecular weight is 307 g/mol. The molecular weight excluding hydrogens is 294 g/mol. The highest BCUT2D eigenvalue weighted by molar-refractivity contribution is 7.07. The predicted molar refractivity (Wildman–Crippen MR) is 76.4 cm³/mol. The summed E-state index contributed by atoms with van der Waals surface area (Å²) < 4.78 is 1.38. The van der Waals surface area contributed by atoms with Crippen LogP contribution in [0, 0.1) is 6.92 Å². The van der Waals surface area contributed by atoms with Gasteiger partial charge in [-0.15, -0.1) is 0 Å². The molecule has 0 aliphatic heterocycles. The molecule has 0 saturated heterocycles. The maximum atomic E-state index is 11.8. The standard InChI is InChI=1S/C13H13N3O4S/c1-8-7-21-13(20)16(8)6-11(17)15-5-10-4-9(12(18)19)2-3-14-10/h2-4,7H,5-6H2,1H3,(H,15,17)(H,18,19). The number of aromatic nitrogens is 2. The third-order valence-corrected chi connectivity index (χ3v) is 3.69. The zero-order valence-corrected chi connectivity index (χ0v) is 12.0. The van der Waals surface area contributed by atoms with E-state index in [1.165, 1.54) is 22.9 Å². The average Bonchev–Trinajstić information content (AvgIpc) is 2.77. The Morgan fingerprint density at radius 2 is 2.24 bits per heavy atom. The maximum Gasteiger partial charge on any atom is 0.335 e. The van der Waals surface area contributed by atoms with Gasteiger partial charge in [0.15, 0.2) is 0 Å². The van der Waals surface area contributed by atoms with Crippen molar-refractivity contribution in [2.75, 3.05) is 0 Å². The van der Waals surface area contributed by atoms with E-state index in [4.69, 9.17) is 5.11 Å². The Morgan fingerprint density at radius 3 is 2.86 bits per heavy atom. The van der Waals surface area contributed by atoms with Gasteiger partial charge in [0.2, 0.25) is 5.91 Å². The van der Waals surface area contributed by atoms with Crippen LogP contribution in [0.3, 0.4) is 0 Å². The Morgan fingerprint density at radius 1 is 1.48 bits per heavy atom. The Labute approximate surface area is 123 Å². The molecule has 0 bridgehead atoms. The third kappa shape index (κ3) is 3.76. The number of hydrogen-bond donors (Lipinski definition) is 2. The first-order chi connectivity index (χ1) is 9.97. The van der Waals surface area contributed by atoms with Gasteiger partial charge in [0.1, 0.15) is 6.54 Å². The minimum atomic E-state index is -1.05. The van der Waals surface area contributed by atoms with Gasteiger partial charge in [0, 0.05) is 17.3 Å². The number of amides is 1. The van der Waals surface area contributed by atoms with Crippen molar-refractivity contribution in [1.82, 2.24) is 14.9 Å². The van der Waals surface area contributed by atoms with Gasteiger partial charge in [-0.2, -0.15) is 0 Å². The van der Waals surface area contributed by atoms with Crippen LogP contribution in [0.15, 0.2) is 28.5 Å². The number of rotatable bonds is 5. The van der Waals surface area contributed by atoms with E-state index < -0.39 is 5.97 Å².